The van der Waals surface area contributed by atoms with Crippen LogP contribution < -0.4 is 10.6 Å². The fourth-order valence-electron chi connectivity index (χ4n) is 2.50. The minimum absolute atomic E-state index is 0.226. The van der Waals surface area contributed by atoms with Crippen LogP contribution in [0.5, 0.6) is 0 Å². The molecule has 1 aliphatic heterocycles. The summed E-state index contributed by atoms with van der Waals surface area (Å²) in [6.45, 7) is 2.07. The molecule has 128 valence electrons. The fraction of sp³-hybridized carbons (Fsp3) is 0.375. The first-order valence-corrected chi connectivity index (χ1v) is 8.94. The van der Waals surface area contributed by atoms with Gasteiger partial charge in [-0.1, -0.05) is 12.1 Å². The van der Waals surface area contributed by atoms with Crippen LogP contribution in [-0.4, -0.2) is 34.1 Å². The summed E-state index contributed by atoms with van der Waals surface area (Å²) in [5.74, 6) is 0.396. The topological polar surface area (TPSA) is 51.1 Å². The predicted molar refractivity (Wildman–Crippen MR) is 98.6 cm³/mol. The molecule has 0 aliphatic carbocycles. The van der Waals surface area contributed by atoms with Gasteiger partial charge in [-0.05, 0) is 58.7 Å². The van der Waals surface area contributed by atoms with Crippen LogP contribution in [0.2, 0.25) is 0 Å². The van der Waals surface area contributed by atoms with E-state index in [1.807, 2.05) is 6.20 Å². The molecule has 1 aromatic carbocycles. The monoisotopic (exact) mass is 412 g/mol. The smallest absolute Gasteiger partial charge is 0.172 e. The van der Waals surface area contributed by atoms with E-state index in [0.717, 1.165) is 29.5 Å². The maximum Gasteiger partial charge on any atom is 0.172 e. The summed E-state index contributed by atoms with van der Waals surface area (Å²) in [6.07, 6.45) is 4.25. The average molecular weight is 413 g/mol. The molecule has 1 atom stereocenters. The first-order chi connectivity index (χ1) is 11.6. The number of hydrogen-bond acceptors (Lipinski definition) is 3. The molecule has 2 heterocycles. The fourth-order valence-corrected chi connectivity index (χ4v) is 3.10. The minimum atomic E-state index is -0.245. The van der Waals surface area contributed by atoms with Crippen LogP contribution in [0, 0.1) is 5.82 Å². The number of rotatable bonds is 5. The van der Waals surface area contributed by atoms with Gasteiger partial charge in [-0.15, -0.1) is 0 Å². The lowest BCUT2D eigenvalue weighted by Crippen LogP contribution is -2.35. The largest absolute Gasteiger partial charge is 0.376 e. The molecule has 24 heavy (non-hydrogen) atoms. The molecule has 0 amide bonds. The van der Waals surface area contributed by atoms with Gasteiger partial charge in [0.2, 0.25) is 0 Å². The van der Waals surface area contributed by atoms with Gasteiger partial charge in [0.05, 0.1) is 17.1 Å². The van der Waals surface area contributed by atoms with Gasteiger partial charge in [-0.3, -0.25) is 4.68 Å². The van der Waals surface area contributed by atoms with Crippen LogP contribution in [0.25, 0.3) is 0 Å². The normalized spacial score (nSPS) is 17.0. The summed E-state index contributed by atoms with van der Waals surface area (Å²) in [5.41, 5.74) is 0.969. The maximum absolute atomic E-state index is 13.0. The zero-order valence-electron chi connectivity index (χ0n) is 13.0. The van der Waals surface area contributed by atoms with Crippen molar-refractivity contribution in [1.29, 1.82) is 0 Å². The molecule has 3 rings (SSSR count). The van der Waals surface area contributed by atoms with Crippen molar-refractivity contribution < 1.29 is 9.13 Å². The van der Waals surface area contributed by atoms with Gasteiger partial charge in [-0.2, -0.15) is 5.10 Å². The third-order valence-electron chi connectivity index (χ3n) is 3.72. The van der Waals surface area contributed by atoms with Crippen molar-refractivity contribution in [2.24, 2.45) is 0 Å². The van der Waals surface area contributed by atoms with E-state index in [-0.39, 0.29) is 11.9 Å². The zero-order chi connectivity index (χ0) is 16.9. The summed E-state index contributed by atoms with van der Waals surface area (Å²) in [6, 6.07) is 6.37. The Bertz CT molecular complexity index is 701. The van der Waals surface area contributed by atoms with Gasteiger partial charge in [-0.25, -0.2) is 4.39 Å². The third kappa shape index (κ3) is 4.75. The van der Waals surface area contributed by atoms with E-state index in [1.165, 1.54) is 12.1 Å². The Morgan fingerprint density at radius 3 is 2.92 bits per heavy atom. The van der Waals surface area contributed by atoms with E-state index in [2.05, 4.69) is 31.7 Å². The van der Waals surface area contributed by atoms with Crippen molar-refractivity contribution in [3.63, 3.8) is 0 Å². The summed E-state index contributed by atoms with van der Waals surface area (Å²) in [7, 11) is 0. The van der Waals surface area contributed by atoms with Crippen molar-refractivity contribution in [3.05, 3.63) is 46.3 Å². The molecule has 0 bridgehead atoms. The molecule has 1 aliphatic rings. The summed E-state index contributed by atoms with van der Waals surface area (Å²) >= 11 is 8.76. The number of hydrogen-bond donors (Lipinski definition) is 2. The van der Waals surface area contributed by atoms with E-state index in [4.69, 9.17) is 17.0 Å². The number of nitrogens with zero attached hydrogens (tertiary/aromatic N) is 2. The van der Waals surface area contributed by atoms with Crippen LogP contribution in [-0.2, 0) is 11.3 Å². The lowest BCUT2D eigenvalue weighted by Gasteiger charge is -2.13. The molecule has 1 unspecified atom stereocenters. The zero-order valence-corrected chi connectivity index (χ0v) is 15.4. The van der Waals surface area contributed by atoms with Crippen molar-refractivity contribution in [3.8, 4) is 0 Å². The van der Waals surface area contributed by atoms with Crippen molar-refractivity contribution in [2.45, 2.75) is 25.5 Å². The third-order valence-corrected chi connectivity index (χ3v) is 4.55. The molecule has 5 nitrogen and oxygen atoms in total. The Balaban J connectivity index is 1.55. The van der Waals surface area contributed by atoms with Gasteiger partial charge in [0.15, 0.2) is 10.9 Å². The van der Waals surface area contributed by atoms with E-state index in [1.54, 1.807) is 16.8 Å². The van der Waals surface area contributed by atoms with E-state index < -0.39 is 0 Å². The molecule has 2 N–H and O–H groups in total. The van der Waals surface area contributed by atoms with E-state index >= 15 is 0 Å². The highest BCUT2D eigenvalue weighted by molar-refractivity contribution is 9.10. The lowest BCUT2D eigenvalue weighted by molar-refractivity contribution is 0.114. The summed E-state index contributed by atoms with van der Waals surface area (Å²) in [4.78, 5) is 0. The molecule has 1 aromatic heterocycles. The second kappa shape index (κ2) is 8.04. The Morgan fingerprint density at radius 2 is 2.21 bits per heavy atom. The van der Waals surface area contributed by atoms with Gasteiger partial charge in [0.1, 0.15) is 5.82 Å². The number of thiocarbonyl (C=S) groups is 1. The van der Waals surface area contributed by atoms with Crippen LogP contribution in [0.15, 0.2) is 34.9 Å². The average Bonchev–Trinajstić information content (AvgIpc) is 3.18. The number of aromatic nitrogens is 2. The van der Waals surface area contributed by atoms with Crippen molar-refractivity contribution in [1.82, 2.24) is 15.1 Å². The second-order valence-corrected chi connectivity index (χ2v) is 6.88. The molecule has 8 heteroatoms. The highest BCUT2D eigenvalue weighted by atomic mass is 79.9. The first-order valence-electron chi connectivity index (χ1n) is 7.74. The molecule has 0 radical (unpaired) electrons. The highest BCUT2D eigenvalue weighted by Crippen LogP contribution is 2.21. The molecule has 0 saturated carbocycles. The number of ether oxygens (including phenoxy) is 1. The van der Waals surface area contributed by atoms with Crippen LogP contribution >= 0.6 is 28.1 Å². The minimum Gasteiger partial charge on any atom is -0.376 e. The predicted octanol–water partition coefficient (Wildman–Crippen LogP) is 3.30. The Morgan fingerprint density at radius 1 is 1.42 bits per heavy atom. The van der Waals surface area contributed by atoms with Crippen LogP contribution in [0.1, 0.15) is 18.4 Å². The highest BCUT2D eigenvalue weighted by Gasteiger charge is 2.16. The van der Waals surface area contributed by atoms with Gasteiger partial charge < -0.3 is 15.4 Å². The second-order valence-electron chi connectivity index (χ2n) is 5.62. The number of nitrogens with one attached hydrogen (secondary N) is 2. The van der Waals surface area contributed by atoms with E-state index in [0.29, 0.717) is 24.0 Å². The van der Waals surface area contributed by atoms with Crippen LogP contribution in [0.3, 0.4) is 0 Å². The number of anilines is 1. The molecule has 1 fully saturated rings. The van der Waals surface area contributed by atoms with E-state index in [9.17, 15) is 4.39 Å². The quantitative estimate of drug-likeness (QED) is 0.737. The Hall–Kier alpha value is -1.51. The Kier molecular flexibility index (Phi) is 5.80. The van der Waals surface area contributed by atoms with Crippen LogP contribution in [0.4, 0.5) is 10.2 Å². The first kappa shape index (κ1) is 17.3. The van der Waals surface area contributed by atoms with Gasteiger partial charge >= 0.3 is 0 Å². The number of halogens is 2. The molecule has 0 spiro atoms. The molecule has 1 saturated heterocycles. The molecule has 2 aromatic rings. The lowest BCUT2D eigenvalue weighted by atomic mass is 10.2. The molecular weight excluding hydrogens is 395 g/mol. The van der Waals surface area contributed by atoms with Gasteiger partial charge in [0, 0.05) is 19.3 Å². The maximum atomic E-state index is 13.0. The SMILES string of the molecule is Fc1ccc(Cn2cc(Br)c(NC(=S)NCC3CCCO3)n2)cc1. The Labute approximate surface area is 153 Å². The summed E-state index contributed by atoms with van der Waals surface area (Å²) in [5, 5.41) is 11.2. The number of benzene rings is 1. The standard InChI is InChI=1S/C16H18BrFN4OS/c17-14-10-22(9-11-3-5-12(18)6-4-11)21-15(14)20-16(24)19-8-13-2-1-7-23-13/h3-6,10,13H,1-2,7-9H2,(H2,19,20,21,24). The molecular formula is C16H18BrFN4OS. The van der Waals surface area contributed by atoms with Crippen molar-refractivity contribution in [2.75, 3.05) is 18.5 Å². The van der Waals surface area contributed by atoms with Gasteiger partial charge in [0.25, 0.3) is 0 Å². The summed E-state index contributed by atoms with van der Waals surface area (Å²) < 4.78 is 21.1. The van der Waals surface area contributed by atoms with Crippen molar-refractivity contribution >= 4 is 39.1 Å².